The molecule has 148 valence electrons. The van der Waals surface area contributed by atoms with Gasteiger partial charge in [0.25, 0.3) is 11.8 Å². The molecule has 0 aliphatic carbocycles. The van der Waals surface area contributed by atoms with E-state index in [4.69, 9.17) is 0 Å². The van der Waals surface area contributed by atoms with Crippen LogP contribution in [0.1, 0.15) is 45.5 Å². The first-order valence-corrected chi connectivity index (χ1v) is 11.2. The molecule has 2 aromatic carbocycles. The number of benzene rings is 2. The van der Waals surface area contributed by atoms with Crippen molar-refractivity contribution in [3.63, 3.8) is 0 Å². The summed E-state index contributed by atoms with van der Waals surface area (Å²) < 4.78 is 23.5. The first-order valence-electron chi connectivity index (χ1n) is 9.27. The maximum atomic E-state index is 12.7. The van der Waals surface area contributed by atoms with E-state index in [9.17, 15) is 18.0 Å². The lowest BCUT2D eigenvalue weighted by Gasteiger charge is -2.26. The van der Waals surface area contributed by atoms with Gasteiger partial charge in [-0.15, -0.1) is 0 Å². The van der Waals surface area contributed by atoms with Crippen molar-refractivity contribution in [1.82, 2.24) is 4.90 Å². The number of carbonyl (C=O) groups is 2. The fourth-order valence-corrected chi connectivity index (χ4v) is 3.93. The fourth-order valence-electron chi connectivity index (χ4n) is 3.28. The molecule has 1 fully saturated rings. The Morgan fingerprint density at radius 3 is 2.39 bits per heavy atom. The molecule has 1 heterocycles. The SMILES string of the molecule is Cc1ccc(S(C)(=O)=O)cc1C(=O)Nc1cccc(C(=O)N2CCCCC2)c1. The molecule has 0 radical (unpaired) electrons. The molecule has 1 aliphatic heterocycles. The third-order valence-corrected chi connectivity index (χ3v) is 6.00. The van der Waals surface area contributed by atoms with E-state index in [2.05, 4.69) is 5.32 Å². The zero-order valence-corrected chi connectivity index (χ0v) is 16.9. The lowest BCUT2D eigenvalue weighted by Crippen LogP contribution is -2.35. The summed E-state index contributed by atoms with van der Waals surface area (Å²) in [5, 5.41) is 2.77. The average Bonchev–Trinajstić information content (AvgIpc) is 2.67. The highest BCUT2D eigenvalue weighted by atomic mass is 32.2. The van der Waals surface area contributed by atoms with Crippen LogP contribution in [0.3, 0.4) is 0 Å². The van der Waals surface area contributed by atoms with Gasteiger partial charge in [-0.3, -0.25) is 9.59 Å². The van der Waals surface area contributed by atoms with Crippen molar-refractivity contribution in [3.8, 4) is 0 Å². The molecule has 6 nitrogen and oxygen atoms in total. The van der Waals surface area contributed by atoms with Gasteiger partial charge in [0.1, 0.15) is 0 Å². The van der Waals surface area contributed by atoms with Crippen LogP contribution in [0.15, 0.2) is 47.4 Å². The number of carbonyl (C=O) groups excluding carboxylic acids is 2. The predicted octanol–water partition coefficient (Wildman–Crippen LogP) is 3.28. The summed E-state index contributed by atoms with van der Waals surface area (Å²) in [4.78, 5) is 27.3. The molecule has 2 amide bonds. The number of likely N-dealkylation sites (tertiary alicyclic amines) is 1. The van der Waals surface area contributed by atoms with Crippen LogP contribution in [0.25, 0.3) is 0 Å². The lowest BCUT2D eigenvalue weighted by molar-refractivity contribution is 0.0724. The number of amides is 2. The van der Waals surface area contributed by atoms with E-state index in [-0.39, 0.29) is 16.4 Å². The molecule has 28 heavy (non-hydrogen) atoms. The molecule has 0 atom stereocenters. The van der Waals surface area contributed by atoms with Gasteiger partial charge in [-0.05, 0) is 62.1 Å². The Morgan fingerprint density at radius 1 is 1.00 bits per heavy atom. The van der Waals surface area contributed by atoms with Crippen LogP contribution in [0.2, 0.25) is 0 Å². The van der Waals surface area contributed by atoms with E-state index in [1.807, 2.05) is 4.90 Å². The number of hydrogen-bond acceptors (Lipinski definition) is 4. The summed E-state index contributed by atoms with van der Waals surface area (Å²) in [6, 6.07) is 11.3. The van der Waals surface area contributed by atoms with Crippen molar-refractivity contribution in [2.75, 3.05) is 24.7 Å². The summed E-state index contributed by atoms with van der Waals surface area (Å²) in [5.74, 6) is -0.448. The number of nitrogens with one attached hydrogen (secondary N) is 1. The molecule has 3 rings (SSSR count). The summed E-state index contributed by atoms with van der Waals surface area (Å²) in [5.41, 5.74) is 1.99. The van der Waals surface area contributed by atoms with Crippen LogP contribution < -0.4 is 5.32 Å². The number of hydrogen-bond donors (Lipinski definition) is 1. The van der Waals surface area contributed by atoms with Gasteiger partial charge in [0.05, 0.1) is 4.90 Å². The molecular weight excluding hydrogens is 376 g/mol. The minimum absolute atomic E-state index is 0.0361. The average molecular weight is 401 g/mol. The van der Waals surface area contributed by atoms with Gasteiger partial charge in [-0.2, -0.15) is 0 Å². The van der Waals surface area contributed by atoms with E-state index in [0.717, 1.165) is 38.6 Å². The van der Waals surface area contributed by atoms with Crippen molar-refractivity contribution in [1.29, 1.82) is 0 Å². The zero-order valence-electron chi connectivity index (χ0n) is 16.1. The van der Waals surface area contributed by atoms with Gasteiger partial charge in [-0.1, -0.05) is 12.1 Å². The Bertz CT molecular complexity index is 1010. The Morgan fingerprint density at radius 2 is 1.71 bits per heavy atom. The van der Waals surface area contributed by atoms with Crippen LogP contribution in [-0.2, 0) is 9.84 Å². The second-order valence-electron chi connectivity index (χ2n) is 7.14. The molecule has 0 bridgehead atoms. The van der Waals surface area contributed by atoms with E-state index in [1.165, 1.54) is 12.1 Å². The molecule has 1 saturated heterocycles. The van der Waals surface area contributed by atoms with E-state index >= 15 is 0 Å². The van der Waals surface area contributed by atoms with Crippen LogP contribution in [-0.4, -0.2) is 44.5 Å². The van der Waals surface area contributed by atoms with Crippen molar-refractivity contribution in [2.24, 2.45) is 0 Å². The fraction of sp³-hybridized carbons (Fsp3) is 0.333. The first kappa shape index (κ1) is 20.1. The van der Waals surface area contributed by atoms with Crippen LogP contribution in [0.4, 0.5) is 5.69 Å². The van der Waals surface area contributed by atoms with Gasteiger partial charge in [-0.25, -0.2) is 8.42 Å². The Balaban J connectivity index is 1.81. The third kappa shape index (κ3) is 4.59. The molecule has 2 aromatic rings. The quantitative estimate of drug-likeness (QED) is 0.854. The maximum absolute atomic E-state index is 12.7. The monoisotopic (exact) mass is 400 g/mol. The molecule has 1 N–H and O–H groups in total. The summed E-state index contributed by atoms with van der Waals surface area (Å²) >= 11 is 0. The molecule has 0 spiro atoms. The van der Waals surface area contributed by atoms with Gasteiger partial charge in [0.2, 0.25) is 0 Å². The van der Waals surface area contributed by atoms with Crippen LogP contribution in [0.5, 0.6) is 0 Å². The molecule has 0 unspecified atom stereocenters. The summed E-state index contributed by atoms with van der Waals surface area (Å²) in [6.07, 6.45) is 4.27. The lowest BCUT2D eigenvalue weighted by atomic mass is 10.1. The number of anilines is 1. The number of nitrogens with zero attached hydrogens (tertiary/aromatic N) is 1. The summed E-state index contributed by atoms with van der Waals surface area (Å²) in [7, 11) is -3.41. The van der Waals surface area contributed by atoms with Gasteiger partial charge in [0.15, 0.2) is 9.84 Å². The largest absolute Gasteiger partial charge is 0.339 e. The summed E-state index contributed by atoms with van der Waals surface area (Å²) in [6.45, 7) is 3.26. The highest BCUT2D eigenvalue weighted by Gasteiger charge is 2.19. The van der Waals surface area contributed by atoms with E-state index in [1.54, 1.807) is 37.3 Å². The Labute approximate surface area is 165 Å². The standard InChI is InChI=1S/C21H24N2O4S/c1-15-9-10-18(28(2,26)27)14-19(15)20(24)22-17-8-6-7-16(13-17)21(25)23-11-4-3-5-12-23/h6-10,13-14H,3-5,11-12H2,1-2H3,(H,22,24). The molecular formula is C21H24N2O4S. The first-order chi connectivity index (χ1) is 13.3. The topological polar surface area (TPSA) is 83.5 Å². The number of sulfone groups is 1. The van der Waals surface area contributed by atoms with Gasteiger partial charge >= 0.3 is 0 Å². The predicted molar refractivity (Wildman–Crippen MR) is 108 cm³/mol. The second kappa shape index (κ2) is 8.14. The number of rotatable bonds is 4. The Kier molecular flexibility index (Phi) is 5.84. The second-order valence-corrected chi connectivity index (χ2v) is 9.15. The minimum Gasteiger partial charge on any atom is -0.339 e. The maximum Gasteiger partial charge on any atom is 0.255 e. The smallest absolute Gasteiger partial charge is 0.255 e. The highest BCUT2D eigenvalue weighted by molar-refractivity contribution is 7.90. The van der Waals surface area contributed by atoms with Crippen molar-refractivity contribution < 1.29 is 18.0 Å². The number of piperidine rings is 1. The van der Waals surface area contributed by atoms with E-state index in [0.29, 0.717) is 16.8 Å². The Hall–Kier alpha value is -2.67. The van der Waals surface area contributed by atoms with Gasteiger partial charge in [0, 0.05) is 36.2 Å². The molecule has 0 aromatic heterocycles. The van der Waals surface area contributed by atoms with Crippen LogP contribution >= 0.6 is 0 Å². The minimum atomic E-state index is -3.41. The van der Waals surface area contributed by atoms with Crippen molar-refractivity contribution in [2.45, 2.75) is 31.1 Å². The molecule has 7 heteroatoms. The highest BCUT2D eigenvalue weighted by Crippen LogP contribution is 2.20. The van der Waals surface area contributed by atoms with E-state index < -0.39 is 15.7 Å². The van der Waals surface area contributed by atoms with Crippen molar-refractivity contribution >= 4 is 27.3 Å². The van der Waals surface area contributed by atoms with Gasteiger partial charge < -0.3 is 10.2 Å². The number of aryl methyl sites for hydroxylation is 1. The van der Waals surface area contributed by atoms with Crippen LogP contribution in [0, 0.1) is 6.92 Å². The van der Waals surface area contributed by atoms with Crippen molar-refractivity contribution in [3.05, 3.63) is 59.2 Å². The molecule has 0 saturated carbocycles. The molecule has 1 aliphatic rings. The normalized spacial score (nSPS) is 14.6. The third-order valence-electron chi connectivity index (χ3n) is 4.89. The zero-order chi connectivity index (χ0) is 20.3.